The molecule has 1 fully saturated rings. The minimum atomic E-state index is -0.975. The van der Waals surface area contributed by atoms with E-state index in [1.807, 2.05) is 54.6 Å². The van der Waals surface area contributed by atoms with Crippen LogP contribution in [0.2, 0.25) is 0 Å². The molecule has 0 spiro atoms. The molecule has 194 valence electrons. The van der Waals surface area contributed by atoms with E-state index in [2.05, 4.69) is 5.32 Å². The largest absolute Gasteiger partial charge is 0.497 e. The summed E-state index contributed by atoms with van der Waals surface area (Å²) >= 11 is 0. The molecule has 0 aromatic heterocycles. The molecule has 37 heavy (non-hydrogen) atoms. The van der Waals surface area contributed by atoms with Crippen molar-refractivity contribution in [3.05, 3.63) is 83.9 Å². The summed E-state index contributed by atoms with van der Waals surface area (Å²) in [6, 6.07) is 22.5. The van der Waals surface area contributed by atoms with Crippen molar-refractivity contribution in [1.29, 1.82) is 0 Å². The molecule has 4 rings (SSSR count). The van der Waals surface area contributed by atoms with E-state index < -0.39 is 5.54 Å². The number of nitrogens with one attached hydrogen (secondary N) is 1. The van der Waals surface area contributed by atoms with E-state index in [4.69, 9.17) is 14.2 Å². The average molecular weight is 503 g/mol. The third kappa shape index (κ3) is 5.88. The van der Waals surface area contributed by atoms with Gasteiger partial charge < -0.3 is 24.4 Å². The van der Waals surface area contributed by atoms with E-state index >= 15 is 0 Å². The van der Waals surface area contributed by atoms with Gasteiger partial charge in [-0.3, -0.25) is 9.59 Å². The maximum atomic E-state index is 14.0. The fraction of sp³-hybridized carbons (Fsp3) is 0.333. The Labute approximate surface area is 218 Å². The number of amides is 2. The van der Waals surface area contributed by atoms with Gasteiger partial charge in [-0.2, -0.15) is 0 Å². The lowest BCUT2D eigenvalue weighted by Gasteiger charge is -2.40. The van der Waals surface area contributed by atoms with Crippen LogP contribution < -0.4 is 19.5 Å². The molecule has 7 nitrogen and oxygen atoms in total. The highest BCUT2D eigenvalue weighted by molar-refractivity contribution is 6.02. The first-order chi connectivity index (χ1) is 18.0. The quantitative estimate of drug-likeness (QED) is 0.411. The Bertz CT molecular complexity index is 1200. The van der Waals surface area contributed by atoms with Crippen LogP contribution >= 0.6 is 0 Å². The molecule has 1 N–H and O–H groups in total. The van der Waals surface area contributed by atoms with E-state index in [1.165, 1.54) is 0 Å². The third-order valence-electron chi connectivity index (χ3n) is 7.03. The second kappa shape index (κ2) is 11.8. The summed E-state index contributed by atoms with van der Waals surface area (Å²) in [5.74, 6) is 1.58. The molecule has 3 aromatic carbocycles. The zero-order chi connectivity index (χ0) is 26.3. The molecule has 0 bridgehead atoms. The summed E-state index contributed by atoms with van der Waals surface area (Å²) in [5.41, 5.74) is 1.41. The average Bonchev–Trinajstić information content (AvgIpc) is 3.44. The number of nitrogens with zero attached hydrogens (tertiary/aromatic N) is 1. The molecular formula is C30H34N2O5. The normalized spacial score (nSPS) is 14.0. The molecule has 3 aromatic rings. The molecule has 0 radical (unpaired) electrons. The van der Waals surface area contributed by atoms with Crippen LogP contribution in [0.15, 0.2) is 72.8 Å². The van der Waals surface area contributed by atoms with E-state index in [9.17, 15) is 9.59 Å². The minimum absolute atomic E-state index is 0.0826. The van der Waals surface area contributed by atoms with Crippen LogP contribution in [0.25, 0.3) is 0 Å². The Morgan fingerprint density at radius 3 is 2.08 bits per heavy atom. The second-order valence-electron chi connectivity index (χ2n) is 9.25. The van der Waals surface area contributed by atoms with Crippen molar-refractivity contribution >= 4 is 17.5 Å². The first-order valence-electron chi connectivity index (χ1n) is 12.5. The van der Waals surface area contributed by atoms with Gasteiger partial charge in [-0.05, 0) is 48.2 Å². The van der Waals surface area contributed by atoms with Gasteiger partial charge in [0.2, 0.25) is 11.8 Å². The molecule has 0 atom stereocenters. The van der Waals surface area contributed by atoms with E-state index in [-0.39, 0.29) is 18.2 Å². The van der Waals surface area contributed by atoms with Crippen molar-refractivity contribution in [3.8, 4) is 17.2 Å². The number of ether oxygens (including phenoxy) is 3. The fourth-order valence-electron chi connectivity index (χ4n) is 4.98. The first-order valence-corrected chi connectivity index (χ1v) is 12.5. The summed E-state index contributed by atoms with van der Waals surface area (Å²) in [6.45, 7) is 0.322. The van der Waals surface area contributed by atoms with Crippen LogP contribution in [-0.4, -0.2) is 43.6 Å². The van der Waals surface area contributed by atoms with Gasteiger partial charge in [0, 0.05) is 12.6 Å². The summed E-state index contributed by atoms with van der Waals surface area (Å²) < 4.78 is 16.1. The Balaban J connectivity index is 1.68. The molecule has 2 amide bonds. The maximum absolute atomic E-state index is 14.0. The number of carbonyl (C=O) groups excluding carboxylic acids is 2. The monoisotopic (exact) mass is 502 g/mol. The molecular weight excluding hydrogens is 468 g/mol. The van der Waals surface area contributed by atoms with Crippen LogP contribution in [-0.2, 0) is 22.6 Å². The van der Waals surface area contributed by atoms with Gasteiger partial charge in [-0.15, -0.1) is 0 Å². The SMILES string of the molecule is COc1ccc(CN(C(=O)Cc2ccccc2)C2(C(=O)Nc3ccc(OC)cc3OC)CCCC2)cc1. The number of hydrogen-bond donors (Lipinski definition) is 1. The Hall–Kier alpha value is -4.00. The fourth-order valence-corrected chi connectivity index (χ4v) is 4.98. The highest BCUT2D eigenvalue weighted by atomic mass is 16.5. The molecule has 0 heterocycles. The van der Waals surface area contributed by atoms with Gasteiger partial charge in [-0.1, -0.05) is 55.3 Å². The number of anilines is 1. The number of rotatable bonds is 10. The predicted octanol–water partition coefficient (Wildman–Crippen LogP) is 5.24. The van der Waals surface area contributed by atoms with Crippen molar-refractivity contribution in [2.24, 2.45) is 0 Å². The van der Waals surface area contributed by atoms with Gasteiger partial charge in [0.25, 0.3) is 0 Å². The molecule has 1 saturated carbocycles. The summed E-state index contributed by atoms with van der Waals surface area (Å²) in [7, 11) is 4.75. The molecule has 1 aliphatic carbocycles. The minimum Gasteiger partial charge on any atom is -0.497 e. The van der Waals surface area contributed by atoms with Gasteiger partial charge in [0.15, 0.2) is 0 Å². The molecule has 1 aliphatic rings. The smallest absolute Gasteiger partial charge is 0.250 e. The second-order valence-corrected chi connectivity index (χ2v) is 9.25. The number of benzene rings is 3. The topological polar surface area (TPSA) is 77.1 Å². The van der Waals surface area contributed by atoms with E-state index in [1.54, 1.807) is 44.4 Å². The summed E-state index contributed by atoms with van der Waals surface area (Å²) in [5, 5.41) is 3.07. The highest BCUT2D eigenvalue weighted by Gasteiger charge is 2.48. The summed E-state index contributed by atoms with van der Waals surface area (Å²) in [6.07, 6.45) is 3.13. The molecule has 0 unspecified atom stereocenters. The Kier molecular flexibility index (Phi) is 8.33. The highest BCUT2D eigenvalue weighted by Crippen LogP contribution is 2.39. The standard InChI is InChI=1S/C30H34N2O5/c1-35-24-13-11-23(12-14-24)21-32(28(33)19-22-9-5-4-6-10-22)30(17-7-8-18-30)29(34)31-26-16-15-25(36-2)20-27(26)37-3/h4-6,9-16,20H,7-8,17-19,21H2,1-3H3,(H,31,34). The number of methoxy groups -OCH3 is 3. The lowest BCUT2D eigenvalue weighted by atomic mass is 9.91. The Morgan fingerprint density at radius 1 is 0.811 bits per heavy atom. The Morgan fingerprint density at radius 2 is 1.46 bits per heavy atom. The molecule has 7 heteroatoms. The van der Waals surface area contributed by atoms with Crippen LogP contribution in [0.3, 0.4) is 0 Å². The van der Waals surface area contributed by atoms with Gasteiger partial charge in [0.1, 0.15) is 22.8 Å². The zero-order valence-electron chi connectivity index (χ0n) is 21.7. The van der Waals surface area contributed by atoms with Crippen LogP contribution in [0.1, 0.15) is 36.8 Å². The van der Waals surface area contributed by atoms with Crippen LogP contribution in [0.4, 0.5) is 5.69 Å². The van der Waals surface area contributed by atoms with Crippen LogP contribution in [0, 0.1) is 0 Å². The van der Waals surface area contributed by atoms with Crippen LogP contribution in [0.5, 0.6) is 17.2 Å². The van der Waals surface area contributed by atoms with Crippen molar-refractivity contribution in [2.45, 2.75) is 44.2 Å². The molecule has 0 saturated heterocycles. The van der Waals surface area contributed by atoms with Gasteiger partial charge in [0.05, 0.1) is 33.4 Å². The van der Waals surface area contributed by atoms with E-state index in [0.717, 1.165) is 29.7 Å². The van der Waals surface area contributed by atoms with Crippen molar-refractivity contribution in [2.75, 3.05) is 26.6 Å². The predicted molar refractivity (Wildman–Crippen MR) is 143 cm³/mol. The zero-order valence-corrected chi connectivity index (χ0v) is 21.7. The first kappa shape index (κ1) is 26.1. The number of carbonyl (C=O) groups is 2. The lowest BCUT2D eigenvalue weighted by Crippen LogP contribution is -2.57. The van der Waals surface area contributed by atoms with Gasteiger partial charge >= 0.3 is 0 Å². The lowest BCUT2D eigenvalue weighted by molar-refractivity contribution is -0.145. The summed E-state index contributed by atoms with van der Waals surface area (Å²) in [4.78, 5) is 29.7. The van der Waals surface area contributed by atoms with Crippen molar-refractivity contribution < 1.29 is 23.8 Å². The van der Waals surface area contributed by atoms with E-state index in [0.29, 0.717) is 36.6 Å². The number of hydrogen-bond acceptors (Lipinski definition) is 5. The molecule has 0 aliphatic heterocycles. The van der Waals surface area contributed by atoms with Crippen molar-refractivity contribution in [1.82, 2.24) is 4.90 Å². The maximum Gasteiger partial charge on any atom is 0.250 e. The van der Waals surface area contributed by atoms with Gasteiger partial charge in [-0.25, -0.2) is 0 Å². The third-order valence-corrected chi connectivity index (χ3v) is 7.03. The van der Waals surface area contributed by atoms with Crippen molar-refractivity contribution in [3.63, 3.8) is 0 Å².